The highest BCUT2D eigenvalue weighted by Gasteiger charge is 2.14. The van der Waals surface area contributed by atoms with Crippen LogP contribution in [0.1, 0.15) is 125 Å². The van der Waals surface area contributed by atoms with Gasteiger partial charge in [0.25, 0.3) is 0 Å². The van der Waals surface area contributed by atoms with Gasteiger partial charge >= 0.3 is 0 Å². The summed E-state index contributed by atoms with van der Waals surface area (Å²) in [4.78, 5) is 0. The molecule has 26 heavy (non-hydrogen) atoms. The van der Waals surface area contributed by atoms with Crippen molar-refractivity contribution in [1.29, 1.82) is 0 Å². The first-order chi connectivity index (χ1) is 12.5. The molecule has 0 saturated carbocycles. The van der Waals surface area contributed by atoms with Crippen LogP contribution in [0.3, 0.4) is 0 Å². The molecule has 0 heterocycles. The maximum Gasteiger partial charge on any atom is -0.0194 e. The Hall–Kier alpha value is -0.520. The van der Waals surface area contributed by atoms with Gasteiger partial charge in [-0.25, -0.2) is 0 Å². The van der Waals surface area contributed by atoms with Gasteiger partial charge in [-0.1, -0.05) is 135 Å². The van der Waals surface area contributed by atoms with E-state index in [1.54, 1.807) is 0 Å². The van der Waals surface area contributed by atoms with Crippen molar-refractivity contribution in [2.75, 3.05) is 0 Å². The quantitative estimate of drug-likeness (QED) is 0.168. The minimum absolute atomic E-state index is 0.637. The van der Waals surface area contributed by atoms with Crippen LogP contribution in [0, 0.1) is 17.8 Å². The van der Waals surface area contributed by atoms with Crippen LogP contribution >= 0.6 is 0 Å². The molecule has 0 amide bonds. The van der Waals surface area contributed by atoms with Gasteiger partial charge in [-0.3, -0.25) is 0 Å². The molecule has 0 nitrogen and oxygen atoms in total. The molecule has 0 aromatic carbocycles. The van der Waals surface area contributed by atoms with Crippen molar-refractivity contribution in [1.82, 2.24) is 0 Å². The fraction of sp³-hybridized carbons (Fsp3) is 0.846. The van der Waals surface area contributed by atoms with Crippen LogP contribution in [-0.2, 0) is 0 Å². The fourth-order valence-corrected chi connectivity index (χ4v) is 3.96. The summed E-state index contributed by atoms with van der Waals surface area (Å²) in [6.45, 7) is 15.7. The third kappa shape index (κ3) is 15.7. The van der Waals surface area contributed by atoms with E-state index in [9.17, 15) is 0 Å². The smallest absolute Gasteiger partial charge is 0.0194 e. The van der Waals surface area contributed by atoms with E-state index in [2.05, 4.69) is 53.3 Å². The minimum Gasteiger partial charge on any atom is -0.0956 e. The zero-order valence-corrected chi connectivity index (χ0v) is 19.0. The molecule has 0 aliphatic heterocycles. The Balaban J connectivity index is 4.12. The Morgan fingerprint density at radius 1 is 0.769 bits per heavy atom. The van der Waals surface area contributed by atoms with E-state index in [-0.39, 0.29) is 0 Å². The predicted molar refractivity (Wildman–Crippen MR) is 122 cm³/mol. The van der Waals surface area contributed by atoms with Crippen molar-refractivity contribution in [3.63, 3.8) is 0 Å². The summed E-state index contributed by atoms with van der Waals surface area (Å²) in [5, 5.41) is 0. The van der Waals surface area contributed by atoms with Gasteiger partial charge in [0.1, 0.15) is 0 Å². The molecule has 0 aromatic heterocycles. The second kappa shape index (κ2) is 17.9. The van der Waals surface area contributed by atoms with Crippen LogP contribution in [0.2, 0.25) is 0 Å². The molecule has 0 aliphatic carbocycles. The third-order valence-electron chi connectivity index (χ3n) is 5.81. The lowest BCUT2D eigenvalue weighted by Crippen LogP contribution is -2.08. The third-order valence-corrected chi connectivity index (χ3v) is 5.81. The number of unbranched alkanes of at least 4 members (excludes halogenated alkanes) is 8. The summed E-state index contributed by atoms with van der Waals surface area (Å²) in [6.07, 6.45) is 24.2. The Morgan fingerprint density at radius 3 is 1.77 bits per heavy atom. The van der Waals surface area contributed by atoms with Crippen LogP contribution in [0.5, 0.6) is 0 Å². The molecule has 0 fully saturated rings. The Labute approximate surface area is 166 Å². The van der Waals surface area contributed by atoms with Crippen molar-refractivity contribution in [2.45, 2.75) is 125 Å². The monoisotopic (exact) mass is 362 g/mol. The van der Waals surface area contributed by atoms with E-state index in [0.717, 1.165) is 11.8 Å². The zero-order chi connectivity index (χ0) is 19.6. The Bertz CT molecular complexity index is 336. The summed E-state index contributed by atoms with van der Waals surface area (Å²) in [5.41, 5.74) is 1.32. The van der Waals surface area contributed by atoms with E-state index in [0.29, 0.717) is 5.92 Å². The molecule has 0 spiro atoms. The summed E-state index contributed by atoms with van der Waals surface area (Å²) < 4.78 is 0. The van der Waals surface area contributed by atoms with Gasteiger partial charge in [-0.15, -0.1) is 0 Å². The normalized spacial score (nSPS) is 14.2. The maximum atomic E-state index is 4.28. The van der Waals surface area contributed by atoms with Gasteiger partial charge in [0.2, 0.25) is 0 Å². The highest BCUT2D eigenvalue weighted by atomic mass is 14.2. The summed E-state index contributed by atoms with van der Waals surface area (Å²) in [7, 11) is 0. The average Bonchev–Trinajstić information content (AvgIpc) is 2.60. The number of hydrogen-bond acceptors (Lipinski definition) is 0. The minimum atomic E-state index is 0.637. The SMILES string of the molecule is C=C(C=CC)C(C)CC(CCCCCCC)CCCCCCCC(C)C. The van der Waals surface area contributed by atoms with Crippen molar-refractivity contribution < 1.29 is 0 Å². The second-order valence-corrected chi connectivity index (χ2v) is 9.02. The highest BCUT2D eigenvalue weighted by molar-refractivity contribution is 5.16. The topological polar surface area (TPSA) is 0 Å². The van der Waals surface area contributed by atoms with Gasteiger partial charge in [0.05, 0.1) is 0 Å². The molecular formula is C26H50. The lowest BCUT2D eigenvalue weighted by molar-refractivity contribution is 0.348. The summed E-state index contributed by atoms with van der Waals surface area (Å²) in [5.74, 6) is 2.42. The first-order valence-corrected chi connectivity index (χ1v) is 11.8. The first kappa shape index (κ1) is 25.5. The second-order valence-electron chi connectivity index (χ2n) is 9.02. The van der Waals surface area contributed by atoms with Gasteiger partial charge < -0.3 is 0 Å². The van der Waals surface area contributed by atoms with Crippen molar-refractivity contribution >= 4 is 0 Å². The van der Waals surface area contributed by atoms with E-state index in [4.69, 9.17) is 0 Å². The van der Waals surface area contributed by atoms with E-state index < -0.39 is 0 Å². The molecule has 0 N–H and O–H groups in total. The molecule has 2 atom stereocenters. The lowest BCUT2D eigenvalue weighted by atomic mass is 9.84. The molecule has 0 radical (unpaired) electrons. The molecule has 2 unspecified atom stereocenters. The molecule has 0 bridgehead atoms. The van der Waals surface area contributed by atoms with E-state index in [1.807, 2.05) is 0 Å². The fourth-order valence-electron chi connectivity index (χ4n) is 3.96. The van der Waals surface area contributed by atoms with Crippen molar-refractivity contribution in [2.24, 2.45) is 17.8 Å². The Kier molecular flexibility index (Phi) is 17.5. The van der Waals surface area contributed by atoms with Gasteiger partial charge in [0, 0.05) is 0 Å². The van der Waals surface area contributed by atoms with Gasteiger partial charge in [-0.05, 0) is 31.1 Å². The zero-order valence-electron chi connectivity index (χ0n) is 19.0. The molecule has 154 valence electrons. The lowest BCUT2D eigenvalue weighted by Gasteiger charge is -2.22. The van der Waals surface area contributed by atoms with Crippen LogP contribution in [-0.4, -0.2) is 0 Å². The molecule has 0 aromatic rings. The largest absolute Gasteiger partial charge is 0.0956 e. The summed E-state index contributed by atoms with van der Waals surface area (Å²) >= 11 is 0. The molecule has 0 saturated heterocycles. The first-order valence-electron chi connectivity index (χ1n) is 11.8. The molecule has 0 aliphatic rings. The number of allylic oxidation sites excluding steroid dienone is 3. The van der Waals surface area contributed by atoms with Gasteiger partial charge in [0.15, 0.2) is 0 Å². The Morgan fingerprint density at radius 2 is 1.27 bits per heavy atom. The van der Waals surface area contributed by atoms with E-state index in [1.165, 1.54) is 95.5 Å². The predicted octanol–water partition coefficient (Wildman–Crippen LogP) is 9.51. The van der Waals surface area contributed by atoms with Crippen molar-refractivity contribution in [3.8, 4) is 0 Å². The standard InChI is InChI=1S/C26H50/c1-7-9-10-12-16-20-26(22-25(6)24(5)18-8-2)21-17-14-11-13-15-19-23(3)4/h8,18,23,25-26H,5,7,9-17,19-22H2,1-4,6H3. The van der Waals surface area contributed by atoms with Crippen LogP contribution in [0.15, 0.2) is 24.3 Å². The molecule has 0 heteroatoms. The van der Waals surface area contributed by atoms with Crippen LogP contribution in [0.25, 0.3) is 0 Å². The average molecular weight is 363 g/mol. The van der Waals surface area contributed by atoms with Crippen molar-refractivity contribution in [3.05, 3.63) is 24.3 Å². The highest BCUT2D eigenvalue weighted by Crippen LogP contribution is 2.28. The molecule has 0 rings (SSSR count). The summed E-state index contributed by atoms with van der Waals surface area (Å²) in [6, 6.07) is 0. The molecular weight excluding hydrogens is 312 g/mol. The number of rotatable bonds is 18. The van der Waals surface area contributed by atoms with E-state index >= 15 is 0 Å². The maximum absolute atomic E-state index is 4.28. The van der Waals surface area contributed by atoms with Crippen LogP contribution in [0.4, 0.5) is 0 Å². The number of hydrogen-bond donors (Lipinski definition) is 0. The van der Waals surface area contributed by atoms with Gasteiger partial charge in [-0.2, -0.15) is 0 Å². The van der Waals surface area contributed by atoms with Crippen LogP contribution < -0.4 is 0 Å².